The number of aromatic nitrogens is 1. The molecule has 1 aromatic carbocycles. The molecule has 5 heteroatoms. The number of fused-ring (bicyclic) bond motifs is 2. The van der Waals surface area contributed by atoms with Gasteiger partial charge in [-0.05, 0) is 12.1 Å². The average molecular weight is 247 g/mol. The Balaban J connectivity index is 1.99. The zero-order chi connectivity index (χ0) is 12.5. The lowest BCUT2D eigenvalue weighted by atomic mass is 10.2. The second-order valence-corrected chi connectivity index (χ2v) is 4.21. The zero-order valence-electron chi connectivity index (χ0n) is 9.76. The number of carbonyl (C=O) groups is 1. The van der Waals surface area contributed by atoms with Gasteiger partial charge in [-0.2, -0.15) is 0 Å². The summed E-state index contributed by atoms with van der Waals surface area (Å²) < 4.78 is 13.0. The number of aryl methyl sites for hydroxylation is 1. The first kappa shape index (κ1) is 11.0. The van der Waals surface area contributed by atoms with E-state index in [1.54, 1.807) is 0 Å². The smallest absolute Gasteiger partial charge is 0.305 e. The van der Waals surface area contributed by atoms with Gasteiger partial charge in [-0.3, -0.25) is 4.79 Å². The van der Waals surface area contributed by atoms with E-state index in [1.165, 1.54) is 0 Å². The minimum Gasteiger partial charge on any atom is -0.486 e. The van der Waals surface area contributed by atoms with Crippen molar-refractivity contribution in [3.8, 4) is 11.5 Å². The molecule has 0 unspecified atom stereocenters. The lowest BCUT2D eigenvalue weighted by Gasteiger charge is -2.18. The van der Waals surface area contributed by atoms with E-state index in [1.807, 2.05) is 29.0 Å². The Labute approximate surface area is 104 Å². The lowest BCUT2D eigenvalue weighted by molar-refractivity contribution is -0.137. The van der Waals surface area contributed by atoms with Crippen molar-refractivity contribution in [3.63, 3.8) is 0 Å². The third kappa shape index (κ3) is 1.88. The van der Waals surface area contributed by atoms with Crippen LogP contribution in [-0.4, -0.2) is 28.9 Å². The standard InChI is InChI=1S/C13H13NO4/c15-13(16)2-4-14-3-1-9-7-11-12(8-10(9)14)18-6-5-17-11/h1,3,7-8H,2,4-6H2,(H,15,16). The summed E-state index contributed by atoms with van der Waals surface area (Å²) in [5, 5.41) is 9.75. The Morgan fingerprint density at radius 2 is 2.00 bits per heavy atom. The second kappa shape index (κ2) is 4.25. The van der Waals surface area contributed by atoms with E-state index >= 15 is 0 Å². The molecule has 0 bridgehead atoms. The molecule has 0 fully saturated rings. The molecule has 18 heavy (non-hydrogen) atoms. The summed E-state index contributed by atoms with van der Waals surface area (Å²) in [5.74, 6) is 0.683. The van der Waals surface area contributed by atoms with Crippen LogP contribution in [0.4, 0.5) is 0 Å². The van der Waals surface area contributed by atoms with Gasteiger partial charge < -0.3 is 19.1 Å². The Bertz CT molecular complexity index is 602. The maximum atomic E-state index is 10.6. The molecule has 0 radical (unpaired) electrons. The van der Waals surface area contributed by atoms with Gasteiger partial charge >= 0.3 is 5.97 Å². The van der Waals surface area contributed by atoms with E-state index in [0.29, 0.717) is 19.8 Å². The van der Waals surface area contributed by atoms with Crippen molar-refractivity contribution in [2.45, 2.75) is 13.0 Å². The number of aliphatic carboxylic acids is 1. The molecule has 1 aliphatic rings. The van der Waals surface area contributed by atoms with Crippen molar-refractivity contribution in [1.29, 1.82) is 0 Å². The monoisotopic (exact) mass is 247 g/mol. The van der Waals surface area contributed by atoms with Crippen molar-refractivity contribution in [2.75, 3.05) is 13.2 Å². The molecule has 0 atom stereocenters. The largest absolute Gasteiger partial charge is 0.486 e. The molecular formula is C13H13NO4. The summed E-state index contributed by atoms with van der Waals surface area (Å²) in [6.07, 6.45) is 2.00. The van der Waals surface area contributed by atoms with Gasteiger partial charge in [0, 0.05) is 24.2 Å². The first-order valence-corrected chi connectivity index (χ1v) is 5.84. The molecule has 94 valence electrons. The molecule has 1 aliphatic heterocycles. The van der Waals surface area contributed by atoms with Crippen LogP contribution in [0.25, 0.3) is 10.9 Å². The van der Waals surface area contributed by atoms with E-state index in [-0.39, 0.29) is 6.42 Å². The summed E-state index contributed by atoms with van der Waals surface area (Å²) in [6, 6.07) is 5.79. The number of rotatable bonds is 3. The normalized spacial score (nSPS) is 13.8. The number of hydrogen-bond acceptors (Lipinski definition) is 3. The van der Waals surface area contributed by atoms with Gasteiger partial charge in [0.25, 0.3) is 0 Å². The molecule has 5 nitrogen and oxygen atoms in total. The molecular weight excluding hydrogens is 234 g/mol. The Hall–Kier alpha value is -2.17. The van der Waals surface area contributed by atoms with Crippen molar-refractivity contribution in [2.24, 2.45) is 0 Å². The highest BCUT2D eigenvalue weighted by atomic mass is 16.6. The summed E-state index contributed by atoms with van der Waals surface area (Å²) in [6.45, 7) is 1.57. The molecule has 2 aromatic rings. The maximum absolute atomic E-state index is 10.6. The predicted molar refractivity (Wildman–Crippen MR) is 65.2 cm³/mol. The van der Waals surface area contributed by atoms with Crippen molar-refractivity contribution < 1.29 is 19.4 Å². The first-order chi connectivity index (χ1) is 8.74. The topological polar surface area (TPSA) is 60.7 Å². The minimum absolute atomic E-state index is 0.109. The van der Waals surface area contributed by atoms with E-state index in [2.05, 4.69) is 0 Å². The fraction of sp³-hybridized carbons (Fsp3) is 0.308. The molecule has 0 spiro atoms. The quantitative estimate of drug-likeness (QED) is 0.899. The van der Waals surface area contributed by atoms with Crippen LogP contribution in [0.2, 0.25) is 0 Å². The summed E-state index contributed by atoms with van der Waals surface area (Å²) in [5.41, 5.74) is 0.973. The van der Waals surface area contributed by atoms with Crippen LogP contribution in [0.5, 0.6) is 11.5 Å². The van der Waals surface area contributed by atoms with Gasteiger partial charge in [0.05, 0.1) is 11.9 Å². The summed E-state index contributed by atoms with van der Waals surface area (Å²) in [4.78, 5) is 10.6. The number of hydrogen-bond donors (Lipinski definition) is 1. The maximum Gasteiger partial charge on any atom is 0.305 e. The van der Waals surface area contributed by atoms with E-state index in [9.17, 15) is 4.79 Å². The molecule has 0 saturated heterocycles. The fourth-order valence-electron chi connectivity index (χ4n) is 2.14. The Morgan fingerprint density at radius 1 is 1.28 bits per heavy atom. The average Bonchev–Trinajstić information content (AvgIpc) is 2.76. The molecule has 0 aliphatic carbocycles. The van der Waals surface area contributed by atoms with Crippen LogP contribution in [0.3, 0.4) is 0 Å². The van der Waals surface area contributed by atoms with Crippen molar-refractivity contribution in [1.82, 2.24) is 4.57 Å². The molecule has 1 aromatic heterocycles. The van der Waals surface area contributed by atoms with Crippen molar-refractivity contribution >= 4 is 16.9 Å². The van der Waals surface area contributed by atoms with Crippen LogP contribution in [0.1, 0.15) is 6.42 Å². The van der Waals surface area contributed by atoms with Gasteiger partial charge in [-0.25, -0.2) is 0 Å². The number of benzene rings is 1. The molecule has 2 heterocycles. The minimum atomic E-state index is -0.797. The number of carboxylic acid groups (broad SMARTS) is 1. The Morgan fingerprint density at radius 3 is 2.72 bits per heavy atom. The third-order valence-electron chi connectivity index (χ3n) is 3.00. The number of ether oxygens (including phenoxy) is 2. The fourth-order valence-corrected chi connectivity index (χ4v) is 2.14. The van der Waals surface area contributed by atoms with Gasteiger partial charge in [-0.1, -0.05) is 0 Å². The zero-order valence-corrected chi connectivity index (χ0v) is 9.76. The van der Waals surface area contributed by atoms with E-state index in [4.69, 9.17) is 14.6 Å². The highest BCUT2D eigenvalue weighted by Gasteiger charge is 2.14. The third-order valence-corrected chi connectivity index (χ3v) is 3.00. The lowest BCUT2D eigenvalue weighted by Crippen LogP contribution is -2.15. The highest BCUT2D eigenvalue weighted by molar-refractivity contribution is 5.84. The number of carboxylic acids is 1. The van der Waals surface area contributed by atoms with Gasteiger partial charge in [-0.15, -0.1) is 0 Å². The second-order valence-electron chi connectivity index (χ2n) is 4.21. The van der Waals surface area contributed by atoms with Gasteiger partial charge in [0.15, 0.2) is 11.5 Å². The van der Waals surface area contributed by atoms with Crippen LogP contribution in [0.15, 0.2) is 24.4 Å². The van der Waals surface area contributed by atoms with Gasteiger partial charge in [0.2, 0.25) is 0 Å². The van der Waals surface area contributed by atoms with Crippen LogP contribution in [0, 0.1) is 0 Å². The molecule has 1 N–H and O–H groups in total. The summed E-state index contributed by atoms with van der Waals surface area (Å²) in [7, 11) is 0. The molecule has 0 saturated carbocycles. The molecule has 3 rings (SSSR count). The Kier molecular flexibility index (Phi) is 2.59. The van der Waals surface area contributed by atoms with Crippen molar-refractivity contribution in [3.05, 3.63) is 24.4 Å². The van der Waals surface area contributed by atoms with E-state index in [0.717, 1.165) is 22.4 Å². The van der Waals surface area contributed by atoms with Crippen LogP contribution in [-0.2, 0) is 11.3 Å². The first-order valence-electron chi connectivity index (χ1n) is 5.84. The SMILES string of the molecule is O=C(O)CCn1ccc2cc3c(cc21)OCCO3. The van der Waals surface area contributed by atoms with Crippen LogP contribution >= 0.6 is 0 Å². The summed E-state index contributed by atoms with van der Waals surface area (Å²) >= 11 is 0. The number of nitrogens with zero attached hydrogens (tertiary/aromatic N) is 1. The van der Waals surface area contributed by atoms with Crippen LogP contribution < -0.4 is 9.47 Å². The van der Waals surface area contributed by atoms with Gasteiger partial charge in [0.1, 0.15) is 13.2 Å². The predicted octanol–water partition coefficient (Wildman–Crippen LogP) is 1.89. The van der Waals surface area contributed by atoms with E-state index < -0.39 is 5.97 Å². The molecule has 0 amide bonds. The highest BCUT2D eigenvalue weighted by Crippen LogP contribution is 2.34.